The lowest BCUT2D eigenvalue weighted by molar-refractivity contribution is 0.0649. The smallest absolute Gasteiger partial charge is 0.261 e. The molecule has 0 bridgehead atoms. The summed E-state index contributed by atoms with van der Waals surface area (Å²) >= 11 is 0. The highest BCUT2D eigenvalue weighted by atomic mass is 16.2. The van der Waals surface area contributed by atoms with Crippen LogP contribution >= 0.6 is 0 Å². The molecule has 2 heterocycles. The van der Waals surface area contributed by atoms with Gasteiger partial charge in [0.2, 0.25) is 0 Å². The molecule has 0 saturated carbocycles. The lowest BCUT2D eigenvalue weighted by Crippen LogP contribution is -2.32. The van der Waals surface area contributed by atoms with Gasteiger partial charge in [0.15, 0.2) is 6.29 Å². The topological polar surface area (TPSA) is 59.4 Å². The second-order valence-electron chi connectivity index (χ2n) is 5.72. The first-order valence-corrected chi connectivity index (χ1v) is 7.69. The van der Waals surface area contributed by atoms with Crippen LogP contribution in [0.5, 0.6) is 0 Å². The molecule has 4 rings (SSSR count). The molecule has 3 aromatic rings. The molecule has 2 aromatic carbocycles. The molecule has 0 aliphatic carbocycles. The van der Waals surface area contributed by atoms with Gasteiger partial charge in [0, 0.05) is 35.8 Å². The van der Waals surface area contributed by atoms with E-state index in [1.165, 1.54) is 4.90 Å². The minimum Gasteiger partial charge on any atom is -0.345 e. The van der Waals surface area contributed by atoms with E-state index in [1.807, 2.05) is 28.8 Å². The molecule has 2 amide bonds. The van der Waals surface area contributed by atoms with Crippen LogP contribution in [0.1, 0.15) is 31.1 Å². The van der Waals surface area contributed by atoms with Crippen molar-refractivity contribution in [3.63, 3.8) is 0 Å². The van der Waals surface area contributed by atoms with Gasteiger partial charge in [-0.05, 0) is 18.2 Å². The maximum absolute atomic E-state index is 12.4. The molecular formula is C19H14N2O3. The molecular weight excluding hydrogens is 304 g/mol. The van der Waals surface area contributed by atoms with Gasteiger partial charge in [0.25, 0.3) is 11.8 Å². The van der Waals surface area contributed by atoms with Crippen molar-refractivity contribution < 1.29 is 14.4 Å². The van der Waals surface area contributed by atoms with Crippen LogP contribution in [0, 0.1) is 0 Å². The molecule has 1 aliphatic heterocycles. The van der Waals surface area contributed by atoms with Crippen LogP contribution in [-0.2, 0) is 6.54 Å². The van der Waals surface area contributed by atoms with Gasteiger partial charge in [-0.1, -0.05) is 30.3 Å². The summed E-state index contributed by atoms with van der Waals surface area (Å²) in [5.74, 6) is -0.523. The fourth-order valence-electron chi connectivity index (χ4n) is 3.20. The first-order chi connectivity index (χ1) is 11.7. The van der Waals surface area contributed by atoms with Crippen LogP contribution in [0.15, 0.2) is 54.7 Å². The molecule has 0 radical (unpaired) electrons. The van der Waals surface area contributed by atoms with Crippen molar-refractivity contribution in [1.82, 2.24) is 9.47 Å². The van der Waals surface area contributed by atoms with Crippen LogP contribution in [0.25, 0.3) is 10.9 Å². The van der Waals surface area contributed by atoms with Crippen molar-refractivity contribution in [2.24, 2.45) is 0 Å². The first-order valence-electron chi connectivity index (χ1n) is 7.69. The number of aromatic nitrogens is 1. The van der Waals surface area contributed by atoms with E-state index in [2.05, 4.69) is 0 Å². The lowest BCUT2D eigenvalue weighted by Gasteiger charge is -2.14. The van der Waals surface area contributed by atoms with Gasteiger partial charge in [0.05, 0.1) is 11.1 Å². The molecule has 1 aliphatic rings. The molecule has 24 heavy (non-hydrogen) atoms. The number of carbonyl (C=O) groups is 3. The SMILES string of the molecule is O=Cc1cn(CCN2C(=O)c3ccccc3C2=O)c2ccccc12. The number of hydrogen-bond donors (Lipinski definition) is 0. The van der Waals surface area contributed by atoms with Crippen molar-refractivity contribution in [3.05, 3.63) is 71.4 Å². The minimum atomic E-state index is -0.261. The quantitative estimate of drug-likeness (QED) is 0.549. The summed E-state index contributed by atoms with van der Waals surface area (Å²) < 4.78 is 1.91. The number of rotatable bonds is 4. The Balaban J connectivity index is 1.62. The average Bonchev–Trinajstić information content (AvgIpc) is 3.10. The monoisotopic (exact) mass is 318 g/mol. The first kappa shape index (κ1) is 14.4. The summed E-state index contributed by atoms with van der Waals surface area (Å²) in [6, 6.07) is 14.4. The Hall–Kier alpha value is -3.21. The van der Waals surface area contributed by atoms with Gasteiger partial charge in [-0.15, -0.1) is 0 Å². The number of hydrogen-bond acceptors (Lipinski definition) is 3. The van der Waals surface area contributed by atoms with Gasteiger partial charge < -0.3 is 4.57 Å². The van der Waals surface area contributed by atoms with Crippen LogP contribution in [0.2, 0.25) is 0 Å². The zero-order chi connectivity index (χ0) is 16.7. The number of fused-ring (bicyclic) bond motifs is 2. The van der Waals surface area contributed by atoms with Gasteiger partial charge in [-0.3, -0.25) is 19.3 Å². The van der Waals surface area contributed by atoms with Gasteiger partial charge >= 0.3 is 0 Å². The summed E-state index contributed by atoms with van der Waals surface area (Å²) in [6.07, 6.45) is 2.58. The van der Waals surface area contributed by atoms with E-state index >= 15 is 0 Å². The third kappa shape index (κ3) is 2.06. The molecule has 1 aromatic heterocycles. The van der Waals surface area contributed by atoms with Gasteiger partial charge in [-0.25, -0.2) is 0 Å². The van der Waals surface area contributed by atoms with E-state index in [4.69, 9.17) is 0 Å². The Morgan fingerprint density at radius 3 is 2.12 bits per heavy atom. The summed E-state index contributed by atoms with van der Waals surface area (Å²) in [7, 11) is 0. The second kappa shape index (κ2) is 5.45. The predicted molar refractivity (Wildman–Crippen MR) is 89.1 cm³/mol. The molecule has 118 valence electrons. The Bertz CT molecular complexity index is 952. The van der Waals surface area contributed by atoms with Crippen molar-refractivity contribution in [3.8, 4) is 0 Å². The van der Waals surface area contributed by atoms with Gasteiger partial charge in [0.1, 0.15) is 0 Å². The summed E-state index contributed by atoms with van der Waals surface area (Å²) in [5, 5.41) is 0.870. The van der Waals surface area contributed by atoms with E-state index < -0.39 is 0 Å². The number of aldehydes is 1. The molecule has 0 atom stereocenters. The molecule has 0 spiro atoms. The molecule has 0 unspecified atom stereocenters. The largest absolute Gasteiger partial charge is 0.345 e. The fourth-order valence-corrected chi connectivity index (χ4v) is 3.20. The zero-order valence-electron chi connectivity index (χ0n) is 12.8. The maximum Gasteiger partial charge on any atom is 0.261 e. The maximum atomic E-state index is 12.4. The number of imide groups is 1. The van der Waals surface area contributed by atoms with Crippen LogP contribution in [0.3, 0.4) is 0 Å². The molecule has 5 heteroatoms. The minimum absolute atomic E-state index is 0.261. The standard InChI is InChI=1S/C19H14N2O3/c22-12-13-11-20(17-8-4-3-5-14(13)17)9-10-21-18(23)15-6-1-2-7-16(15)19(21)24/h1-8,11-12H,9-10H2. The van der Waals surface area contributed by atoms with Gasteiger partial charge in [-0.2, -0.15) is 0 Å². The van der Waals surface area contributed by atoms with Crippen LogP contribution in [0.4, 0.5) is 0 Å². The average molecular weight is 318 g/mol. The second-order valence-corrected chi connectivity index (χ2v) is 5.72. The van der Waals surface area contributed by atoms with E-state index in [1.54, 1.807) is 30.5 Å². The number of nitrogens with zero attached hydrogens (tertiary/aromatic N) is 2. The van der Waals surface area contributed by atoms with Crippen LogP contribution in [-0.4, -0.2) is 34.1 Å². The number of benzene rings is 2. The zero-order valence-corrected chi connectivity index (χ0v) is 12.8. The number of carbonyl (C=O) groups excluding carboxylic acids is 3. The Morgan fingerprint density at radius 2 is 1.46 bits per heavy atom. The fraction of sp³-hybridized carbons (Fsp3) is 0.105. The summed E-state index contributed by atoms with van der Waals surface area (Å²) in [6.45, 7) is 0.711. The normalized spacial score (nSPS) is 13.6. The van der Waals surface area contributed by atoms with E-state index in [9.17, 15) is 14.4 Å². The van der Waals surface area contributed by atoms with E-state index in [0.717, 1.165) is 17.2 Å². The Labute approximate surface area is 138 Å². The third-order valence-electron chi connectivity index (χ3n) is 4.39. The number of amides is 2. The lowest BCUT2D eigenvalue weighted by atomic mass is 10.1. The third-order valence-corrected chi connectivity index (χ3v) is 4.39. The van der Waals surface area contributed by atoms with Crippen LogP contribution < -0.4 is 0 Å². The number of para-hydroxylation sites is 1. The van der Waals surface area contributed by atoms with Crippen molar-refractivity contribution in [1.29, 1.82) is 0 Å². The molecule has 5 nitrogen and oxygen atoms in total. The summed E-state index contributed by atoms with van der Waals surface area (Å²) in [4.78, 5) is 37.3. The highest BCUT2D eigenvalue weighted by Crippen LogP contribution is 2.24. The predicted octanol–water partition coefficient (Wildman–Crippen LogP) is 2.75. The van der Waals surface area contributed by atoms with E-state index in [-0.39, 0.29) is 18.4 Å². The van der Waals surface area contributed by atoms with E-state index in [0.29, 0.717) is 23.2 Å². The van der Waals surface area contributed by atoms with Crippen molar-refractivity contribution >= 4 is 29.0 Å². The summed E-state index contributed by atoms with van der Waals surface area (Å²) in [5.41, 5.74) is 2.42. The van der Waals surface area contributed by atoms with Crippen molar-refractivity contribution in [2.45, 2.75) is 6.54 Å². The Morgan fingerprint density at radius 1 is 0.833 bits per heavy atom. The molecule has 0 fully saturated rings. The molecule has 0 saturated heterocycles. The van der Waals surface area contributed by atoms with Crippen molar-refractivity contribution in [2.75, 3.05) is 6.54 Å². The molecule has 0 N–H and O–H groups in total. The Kier molecular flexibility index (Phi) is 3.27. The highest BCUT2D eigenvalue weighted by molar-refractivity contribution is 6.21. The highest BCUT2D eigenvalue weighted by Gasteiger charge is 2.34.